The molecular weight excluding hydrogens is 276 g/mol. The Bertz CT molecular complexity index is 687. The number of rotatable bonds is 5. The highest BCUT2D eigenvalue weighted by Crippen LogP contribution is 2.13. The third-order valence-electron chi connectivity index (χ3n) is 3.38. The van der Waals surface area contributed by atoms with E-state index in [4.69, 9.17) is 10.00 Å². The molecule has 0 fully saturated rings. The van der Waals surface area contributed by atoms with Gasteiger partial charge in [-0.15, -0.1) is 0 Å². The summed E-state index contributed by atoms with van der Waals surface area (Å²) in [7, 11) is 0. The number of hydrogen-bond acceptors (Lipinski definition) is 3. The number of nitrogens with one attached hydrogen (secondary N) is 1. The molecule has 0 heterocycles. The highest BCUT2D eigenvalue weighted by Gasteiger charge is 2.14. The quantitative estimate of drug-likeness (QED) is 0.922. The van der Waals surface area contributed by atoms with Crippen molar-refractivity contribution in [1.29, 1.82) is 5.26 Å². The topological polar surface area (TPSA) is 62.1 Å². The number of nitrogens with zero attached hydrogens (tertiary/aromatic N) is 1. The molecule has 0 radical (unpaired) electrons. The number of ether oxygens (including phenoxy) is 1. The van der Waals surface area contributed by atoms with Gasteiger partial charge >= 0.3 is 0 Å². The zero-order valence-electron chi connectivity index (χ0n) is 12.7. The summed E-state index contributed by atoms with van der Waals surface area (Å²) in [6, 6.07) is 16.6. The lowest BCUT2D eigenvalue weighted by Gasteiger charge is -2.15. The number of aryl methyl sites for hydroxylation is 1. The van der Waals surface area contributed by atoms with Crippen LogP contribution in [0.15, 0.2) is 48.5 Å². The molecule has 2 aromatic rings. The number of nitriles is 1. The van der Waals surface area contributed by atoms with Gasteiger partial charge in [-0.25, -0.2) is 0 Å². The van der Waals surface area contributed by atoms with Crippen molar-refractivity contribution in [3.8, 4) is 11.8 Å². The van der Waals surface area contributed by atoms with Gasteiger partial charge in [0.25, 0.3) is 5.91 Å². The summed E-state index contributed by atoms with van der Waals surface area (Å²) in [6.45, 7) is 4.19. The van der Waals surface area contributed by atoms with E-state index in [0.29, 0.717) is 17.9 Å². The Kier molecular flexibility index (Phi) is 5.16. The van der Waals surface area contributed by atoms with Gasteiger partial charge < -0.3 is 10.1 Å². The summed E-state index contributed by atoms with van der Waals surface area (Å²) in [5.74, 6) is 0.394. The Hall–Kier alpha value is -2.80. The lowest BCUT2D eigenvalue weighted by Crippen LogP contribution is -2.36. The van der Waals surface area contributed by atoms with Crippen molar-refractivity contribution in [3.05, 3.63) is 65.2 Å². The Morgan fingerprint density at radius 1 is 1.23 bits per heavy atom. The molecule has 2 rings (SSSR count). The van der Waals surface area contributed by atoms with Crippen LogP contribution in [0.25, 0.3) is 0 Å². The summed E-state index contributed by atoms with van der Waals surface area (Å²) in [6.07, 6.45) is -0.600. The van der Waals surface area contributed by atoms with Crippen molar-refractivity contribution < 1.29 is 9.53 Å². The van der Waals surface area contributed by atoms with Crippen LogP contribution in [0.2, 0.25) is 0 Å². The molecule has 4 nitrogen and oxygen atoms in total. The highest BCUT2D eigenvalue weighted by atomic mass is 16.5. The van der Waals surface area contributed by atoms with Crippen LogP contribution in [0.4, 0.5) is 0 Å². The standard InChI is InChI=1S/C18H18N2O2/c1-13-5-3-4-6-16(13)12-20-18(21)14(2)22-17-9-7-15(11-19)8-10-17/h3-10,14H,12H2,1-2H3,(H,20,21). The molecule has 1 N–H and O–H groups in total. The fourth-order valence-electron chi connectivity index (χ4n) is 2.00. The molecular formula is C18H18N2O2. The summed E-state index contributed by atoms with van der Waals surface area (Å²) >= 11 is 0. The minimum atomic E-state index is -0.600. The van der Waals surface area contributed by atoms with Crippen LogP contribution in [0.5, 0.6) is 5.75 Å². The zero-order chi connectivity index (χ0) is 15.9. The van der Waals surface area contributed by atoms with Gasteiger partial charge in [0.05, 0.1) is 11.6 Å². The average Bonchev–Trinajstić information content (AvgIpc) is 2.54. The van der Waals surface area contributed by atoms with Crippen molar-refractivity contribution >= 4 is 5.91 Å². The summed E-state index contributed by atoms with van der Waals surface area (Å²) in [5.41, 5.74) is 2.79. The second-order valence-corrected chi connectivity index (χ2v) is 5.04. The number of carbonyl (C=O) groups excluding carboxylic acids is 1. The molecule has 4 heteroatoms. The second-order valence-electron chi connectivity index (χ2n) is 5.04. The van der Waals surface area contributed by atoms with E-state index in [0.717, 1.165) is 11.1 Å². The Balaban J connectivity index is 1.89. The molecule has 0 saturated heterocycles. The van der Waals surface area contributed by atoms with E-state index < -0.39 is 6.10 Å². The van der Waals surface area contributed by atoms with E-state index >= 15 is 0 Å². The van der Waals surface area contributed by atoms with E-state index in [-0.39, 0.29) is 5.91 Å². The van der Waals surface area contributed by atoms with Crippen molar-refractivity contribution in [2.75, 3.05) is 0 Å². The molecule has 22 heavy (non-hydrogen) atoms. The number of hydrogen-bond donors (Lipinski definition) is 1. The van der Waals surface area contributed by atoms with Crippen molar-refractivity contribution in [1.82, 2.24) is 5.32 Å². The number of carbonyl (C=O) groups is 1. The normalized spacial score (nSPS) is 11.3. The Morgan fingerprint density at radius 2 is 1.91 bits per heavy atom. The third-order valence-corrected chi connectivity index (χ3v) is 3.38. The maximum atomic E-state index is 12.1. The van der Waals surface area contributed by atoms with Crippen LogP contribution < -0.4 is 10.1 Å². The molecule has 0 aromatic heterocycles. The minimum absolute atomic E-state index is 0.174. The summed E-state index contributed by atoms with van der Waals surface area (Å²) in [5, 5.41) is 11.6. The first-order valence-corrected chi connectivity index (χ1v) is 7.09. The Labute approximate surface area is 130 Å². The first kappa shape index (κ1) is 15.6. The molecule has 2 aromatic carbocycles. The van der Waals surface area contributed by atoms with Crippen LogP contribution in [0.3, 0.4) is 0 Å². The summed E-state index contributed by atoms with van der Waals surface area (Å²) in [4.78, 5) is 12.1. The Morgan fingerprint density at radius 3 is 2.55 bits per heavy atom. The molecule has 0 spiro atoms. The maximum Gasteiger partial charge on any atom is 0.261 e. The molecule has 0 aliphatic carbocycles. The van der Waals surface area contributed by atoms with Gasteiger partial charge in [-0.2, -0.15) is 5.26 Å². The lowest BCUT2D eigenvalue weighted by atomic mass is 10.1. The van der Waals surface area contributed by atoms with Crippen LogP contribution in [0, 0.1) is 18.3 Å². The molecule has 1 amide bonds. The molecule has 1 atom stereocenters. The largest absolute Gasteiger partial charge is 0.481 e. The second kappa shape index (κ2) is 7.28. The van der Waals surface area contributed by atoms with E-state index in [1.54, 1.807) is 31.2 Å². The monoisotopic (exact) mass is 294 g/mol. The molecule has 0 aliphatic rings. The number of amides is 1. The molecule has 1 unspecified atom stereocenters. The zero-order valence-corrected chi connectivity index (χ0v) is 12.7. The lowest BCUT2D eigenvalue weighted by molar-refractivity contribution is -0.127. The van der Waals surface area contributed by atoms with Crippen LogP contribution in [0.1, 0.15) is 23.6 Å². The fourth-order valence-corrected chi connectivity index (χ4v) is 2.00. The van der Waals surface area contributed by atoms with E-state index in [9.17, 15) is 4.79 Å². The van der Waals surface area contributed by atoms with Gasteiger partial charge in [0.1, 0.15) is 5.75 Å². The number of benzene rings is 2. The smallest absolute Gasteiger partial charge is 0.261 e. The van der Waals surface area contributed by atoms with E-state index in [1.165, 1.54) is 0 Å². The predicted octanol–water partition coefficient (Wildman–Crippen LogP) is 2.95. The average molecular weight is 294 g/mol. The van der Waals surface area contributed by atoms with Gasteiger partial charge in [0.15, 0.2) is 6.10 Å². The first-order valence-electron chi connectivity index (χ1n) is 7.09. The van der Waals surface area contributed by atoms with E-state index in [1.807, 2.05) is 37.3 Å². The van der Waals surface area contributed by atoms with Gasteiger partial charge in [-0.1, -0.05) is 24.3 Å². The summed E-state index contributed by atoms with van der Waals surface area (Å²) < 4.78 is 5.57. The van der Waals surface area contributed by atoms with Gasteiger partial charge in [-0.3, -0.25) is 4.79 Å². The molecule has 0 bridgehead atoms. The molecule has 112 valence electrons. The molecule has 0 saturated carbocycles. The fraction of sp³-hybridized carbons (Fsp3) is 0.222. The van der Waals surface area contributed by atoms with Crippen molar-refractivity contribution in [3.63, 3.8) is 0 Å². The molecule has 0 aliphatic heterocycles. The van der Waals surface area contributed by atoms with Gasteiger partial charge in [0.2, 0.25) is 0 Å². The van der Waals surface area contributed by atoms with Crippen molar-refractivity contribution in [2.45, 2.75) is 26.5 Å². The SMILES string of the molecule is Cc1ccccc1CNC(=O)C(C)Oc1ccc(C#N)cc1. The minimum Gasteiger partial charge on any atom is -0.481 e. The van der Waals surface area contributed by atoms with Gasteiger partial charge in [-0.05, 0) is 49.2 Å². The van der Waals surface area contributed by atoms with Crippen molar-refractivity contribution in [2.24, 2.45) is 0 Å². The van der Waals surface area contributed by atoms with Gasteiger partial charge in [0, 0.05) is 6.54 Å². The third kappa shape index (κ3) is 4.10. The first-order chi connectivity index (χ1) is 10.6. The van der Waals surface area contributed by atoms with Crippen LogP contribution in [-0.2, 0) is 11.3 Å². The van der Waals surface area contributed by atoms with Crippen LogP contribution >= 0.6 is 0 Å². The van der Waals surface area contributed by atoms with Crippen LogP contribution in [-0.4, -0.2) is 12.0 Å². The predicted molar refractivity (Wildman–Crippen MR) is 84.3 cm³/mol. The maximum absolute atomic E-state index is 12.1. The van der Waals surface area contributed by atoms with E-state index in [2.05, 4.69) is 5.32 Å². The highest BCUT2D eigenvalue weighted by molar-refractivity contribution is 5.80.